The highest BCUT2D eigenvalue weighted by molar-refractivity contribution is 5.70. The van der Waals surface area contributed by atoms with E-state index in [0.717, 1.165) is 52.0 Å². The van der Waals surface area contributed by atoms with E-state index in [1.54, 1.807) is 0 Å². The smallest absolute Gasteiger partial charge is 0.304 e. The van der Waals surface area contributed by atoms with Gasteiger partial charge in [0.15, 0.2) is 0 Å². The monoisotopic (exact) mass is 302 g/mol. The fourth-order valence-corrected chi connectivity index (χ4v) is 3.39. The molecule has 0 aromatic heterocycles. The lowest BCUT2D eigenvalue weighted by Gasteiger charge is -2.32. The first-order valence-corrected chi connectivity index (χ1v) is 8.30. The number of carboxylic acids is 1. The molecule has 22 heavy (non-hydrogen) atoms. The first-order valence-electron chi connectivity index (χ1n) is 8.30. The van der Waals surface area contributed by atoms with Crippen molar-refractivity contribution in [1.82, 2.24) is 9.80 Å². The van der Waals surface area contributed by atoms with Gasteiger partial charge in [-0.3, -0.25) is 4.79 Å². The topological polar surface area (TPSA) is 43.8 Å². The van der Waals surface area contributed by atoms with Crippen molar-refractivity contribution in [3.05, 3.63) is 35.4 Å². The van der Waals surface area contributed by atoms with Crippen LogP contribution in [0.15, 0.2) is 24.3 Å². The SMILES string of the molecule is CN1CCN(CCc2ccc(C3(CC(=O)O)CC3)cc2)CC1. The first kappa shape index (κ1) is 15.5. The third-order valence-electron chi connectivity index (χ3n) is 5.22. The molecule has 0 atom stereocenters. The van der Waals surface area contributed by atoms with Gasteiger partial charge in [-0.25, -0.2) is 0 Å². The molecule has 1 saturated heterocycles. The second kappa shape index (κ2) is 6.39. The van der Waals surface area contributed by atoms with Gasteiger partial charge in [-0.05, 0) is 37.4 Å². The standard InChI is InChI=1S/C18H26N2O2/c1-19-10-12-20(13-11-19)9-6-15-2-4-16(5-3-15)18(7-8-18)14-17(21)22/h2-5H,6-14H2,1H3,(H,21,22). The van der Waals surface area contributed by atoms with Crippen LogP contribution in [0.3, 0.4) is 0 Å². The maximum Gasteiger partial charge on any atom is 0.304 e. The van der Waals surface area contributed by atoms with Crippen LogP contribution in [0, 0.1) is 0 Å². The minimum atomic E-state index is -0.684. The molecule has 4 nitrogen and oxygen atoms in total. The quantitative estimate of drug-likeness (QED) is 0.873. The van der Waals surface area contributed by atoms with E-state index in [1.165, 1.54) is 11.1 Å². The second-order valence-corrected chi connectivity index (χ2v) is 6.94. The molecular weight excluding hydrogens is 276 g/mol. The summed E-state index contributed by atoms with van der Waals surface area (Å²) in [6, 6.07) is 8.67. The van der Waals surface area contributed by atoms with Gasteiger partial charge in [0, 0.05) is 38.1 Å². The maximum absolute atomic E-state index is 11.0. The van der Waals surface area contributed by atoms with E-state index < -0.39 is 5.97 Å². The lowest BCUT2D eigenvalue weighted by Crippen LogP contribution is -2.45. The van der Waals surface area contributed by atoms with Crippen LogP contribution in [0.1, 0.15) is 30.4 Å². The van der Waals surface area contributed by atoms with E-state index in [0.29, 0.717) is 0 Å². The van der Waals surface area contributed by atoms with Crippen molar-refractivity contribution in [2.45, 2.75) is 31.1 Å². The van der Waals surface area contributed by atoms with Gasteiger partial charge in [0.1, 0.15) is 0 Å². The zero-order chi connectivity index (χ0) is 15.6. The van der Waals surface area contributed by atoms with Crippen LogP contribution in [0.25, 0.3) is 0 Å². The number of nitrogens with zero attached hydrogens (tertiary/aromatic N) is 2. The van der Waals surface area contributed by atoms with Crippen molar-refractivity contribution < 1.29 is 9.90 Å². The molecule has 1 aromatic rings. The van der Waals surface area contributed by atoms with Crippen molar-refractivity contribution in [2.75, 3.05) is 39.8 Å². The summed E-state index contributed by atoms with van der Waals surface area (Å²) in [6.45, 7) is 5.77. The van der Waals surface area contributed by atoms with Gasteiger partial charge >= 0.3 is 5.97 Å². The van der Waals surface area contributed by atoms with Crippen molar-refractivity contribution in [2.24, 2.45) is 0 Å². The van der Waals surface area contributed by atoms with E-state index in [9.17, 15) is 4.79 Å². The fourth-order valence-electron chi connectivity index (χ4n) is 3.39. The van der Waals surface area contributed by atoms with Gasteiger partial charge in [-0.15, -0.1) is 0 Å². The maximum atomic E-state index is 11.0. The molecule has 0 unspecified atom stereocenters. The number of benzene rings is 1. The molecule has 0 amide bonds. The Bertz CT molecular complexity index is 514. The Labute approximate surface area is 132 Å². The second-order valence-electron chi connectivity index (χ2n) is 6.94. The highest BCUT2D eigenvalue weighted by Gasteiger charge is 2.45. The average molecular weight is 302 g/mol. The summed E-state index contributed by atoms with van der Waals surface area (Å²) in [5.74, 6) is -0.684. The Morgan fingerprint density at radius 1 is 1.14 bits per heavy atom. The predicted molar refractivity (Wildman–Crippen MR) is 87.2 cm³/mol. The highest BCUT2D eigenvalue weighted by atomic mass is 16.4. The largest absolute Gasteiger partial charge is 0.481 e. The molecule has 120 valence electrons. The Morgan fingerprint density at radius 2 is 1.77 bits per heavy atom. The van der Waals surface area contributed by atoms with Crippen molar-refractivity contribution >= 4 is 5.97 Å². The first-order chi connectivity index (χ1) is 10.6. The van der Waals surface area contributed by atoms with Crippen LogP contribution >= 0.6 is 0 Å². The summed E-state index contributed by atoms with van der Waals surface area (Å²) in [7, 11) is 2.18. The third-order valence-corrected chi connectivity index (χ3v) is 5.22. The molecule has 0 bridgehead atoms. The van der Waals surface area contributed by atoms with Gasteiger partial charge in [0.05, 0.1) is 6.42 Å². The van der Waals surface area contributed by atoms with Crippen molar-refractivity contribution in [3.8, 4) is 0 Å². The molecule has 0 radical (unpaired) electrons. The molecule has 1 heterocycles. The van der Waals surface area contributed by atoms with E-state index in [2.05, 4.69) is 41.1 Å². The zero-order valence-corrected chi connectivity index (χ0v) is 13.4. The van der Waals surface area contributed by atoms with Crippen LogP contribution in [0.5, 0.6) is 0 Å². The normalized spacial score (nSPS) is 21.7. The predicted octanol–water partition coefficient (Wildman–Crippen LogP) is 1.98. The van der Waals surface area contributed by atoms with E-state index in [4.69, 9.17) is 5.11 Å². The summed E-state index contributed by atoms with van der Waals surface area (Å²) in [5.41, 5.74) is 2.49. The molecule has 1 aliphatic heterocycles. The number of carbonyl (C=O) groups is 1. The minimum Gasteiger partial charge on any atom is -0.481 e. The van der Waals surface area contributed by atoms with E-state index in [-0.39, 0.29) is 11.8 Å². The van der Waals surface area contributed by atoms with Crippen LogP contribution in [0.2, 0.25) is 0 Å². The number of carboxylic acid groups (broad SMARTS) is 1. The lowest BCUT2D eigenvalue weighted by molar-refractivity contribution is -0.137. The number of aliphatic carboxylic acids is 1. The fraction of sp³-hybridized carbons (Fsp3) is 0.611. The Hall–Kier alpha value is -1.39. The van der Waals surface area contributed by atoms with Gasteiger partial charge in [-0.1, -0.05) is 24.3 Å². The van der Waals surface area contributed by atoms with Gasteiger partial charge in [0.25, 0.3) is 0 Å². The molecule has 0 spiro atoms. The number of piperazine rings is 1. The summed E-state index contributed by atoms with van der Waals surface area (Å²) in [4.78, 5) is 15.9. The number of hydrogen-bond donors (Lipinski definition) is 1. The molecule has 2 fully saturated rings. The molecule has 2 aliphatic rings. The average Bonchev–Trinajstić information content (AvgIpc) is 3.27. The molecule has 4 heteroatoms. The van der Waals surface area contributed by atoms with E-state index >= 15 is 0 Å². The van der Waals surface area contributed by atoms with E-state index in [1.807, 2.05) is 0 Å². The highest BCUT2D eigenvalue weighted by Crippen LogP contribution is 2.50. The third kappa shape index (κ3) is 3.68. The number of hydrogen-bond acceptors (Lipinski definition) is 3. The molecule has 1 aliphatic carbocycles. The molecule has 1 aromatic carbocycles. The minimum absolute atomic E-state index is 0.0676. The van der Waals surface area contributed by atoms with Gasteiger partial charge < -0.3 is 14.9 Å². The van der Waals surface area contributed by atoms with Crippen LogP contribution < -0.4 is 0 Å². The van der Waals surface area contributed by atoms with Crippen LogP contribution in [-0.2, 0) is 16.6 Å². The Kier molecular flexibility index (Phi) is 4.50. The summed E-state index contributed by atoms with van der Waals surface area (Å²) in [5, 5.41) is 9.04. The Balaban J connectivity index is 1.53. The van der Waals surface area contributed by atoms with Crippen molar-refractivity contribution in [1.29, 1.82) is 0 Å². The van der Waals surface area contributed by atoms with Gasteiger partial charge in [-0.2, -0.15) is 0 Å². The molecular formula is C18H26N2O2. The summed E-state index contributed by atoms with van der Waals surface area (Å²) >= 11 is 0. The zero-order valence-electron chi connectivity index (χ0n) is 13.4. The lowest BCUT2D eigenvalue weighted by atomic mass is 9.91. The van der Waals surface area contributed by atoms with Crippen molar-refractivity contribution in [3.63, 3.8) is 0 Å². The summed E-state index contributed by atoms with van der Waals surface area (Å²) in [6.07, 6.45) is 3.38. The van der Waals surface area contributed by atoms with Crippen LogP contribution in [-0.4, -0.2) is 60.6 Å². The van der Waals surface area contributed by atoms with Crippen LogP contribution in [0.4, 0.5) is 0 Å². The number of rotatable bonds is 6. The molecule has 1 saturated carbocycles. The summed E-state index contributed by atoms with van der Waals surface area (Å²) < 4.78 is 0. The number of likely N-dealkylation sites (N-methyl/N-ethyl adjacent to an activating group) is 1. The molecule has 1 N–H and O–H groups in total. The molecule has 3 rings (SSSR count). The Morgan fingerprint density at radius 3 is 2.32 bits per heavy atom. The van der Waals surface area contributed by atoms with Gasteiger partial charge in [0.2, 0.25) is 0 Å².